The Hall–Kier alpha value is -2.04. The van der Waals surface area contributed by atoms with Crippen molar-refractivity contribution < 1.29 is 14.4 Å². The van der Waals surface area contributed by atoms with Crippen LogP contribution < -0.4 is 10.1 Å². The standard InChI is InChI=1S/C23H32N2O3/c1-3-27-21-6-4-17(5-7-21)14-24-28-15-22(26)25-16(2)23-11-18-8-19(12-23)10-20(9-18)13-23/h4-7,14,16,18-20H,3,8-13,15H2,1-2H3,(H,25,26)/b24-14-/t16-,18?,19?,20?,23?/m1/s1. The first-order valence-electron chi connectivity index (χ1n) is 10.7. The molecule has 1 aromatic carbocycles. The van der Waals surface area contributed by atoms with E-state index in [4.69, 9.17) is 9.57 Å². The molecule has 0 radical (unpaired) electrons. The maximum Gasteiger partial charge on any atom is 0.261 e. The number of hydrogen-bond donors (Lipinski definition) is 1. The Morgan fingerprint density at radius 2 is 1.79 bits per heavy atom. The molecule has 5 heteroatoms. The number of carbonyl (C=O) groups is 1. The lowest BCUT2D eigenvalue weighted by atomic mass is 9.48. The van der Waals surface area contributed by atoms with Crippen LogP contribution in [0.1, 0.15) is 57.9 Å². The third kappa shape index (κ3) is 4.18. The Bertz CT molecular complexity index is 678. The minimum absolute atomic E-state index is 0.0375. The summed E-state index contributed by atoms with van der Waals surface area (Å²) < 4.78 is 5.41. The summed E-state index contributed by atoms with van der Waals surface area (Å²) in [5, 5.41) is 7.13. The fourth-order valence-electron chi connectivity index (χ4n) is 6.16. The predicted molar refractivity (Wildman–Crippen MR) is 109 cm³/mol. The molecule has 4 aliphatic rings. The van der Waals surface area contributed by atoms with E-state index >= 15 is 0 Å². The summed E-state index contributed by atoms with van der Waals surface area (Å²) >= 11 is 0. The van der Waals surface area contributed by atoms with Crippen LogP contribution in [0.25, 0.3) is 0 Å². The van der Waals surface area contributed by atoms with E-state index in [-0.39, 0.29) is 18.6 Å². The highest BCUT2D eigenvalue weighted by atomic mass is 16.6. The topological polar surface area (TPSA) is 59.9 Å². The first kappa shape index (κ1) is 19.3. The van der Waals surface area contributed by atoms with Gasteiger partial charge in [0.2, 0.25) is 0 Å². The molecule has 0 saturated heterocycles. The van der Waals surface area contributed by atoms with E-state index in [2.05, 4.69) is 17.4 Å². The lowest BCUT2D eigenvalue weighted by Gasteiger charge is -2.59. The normalized spacial score (nSPS) is 31.7. The highest BCUT2D eigenvalue weighted by molar-refractivity contribution is 5.80. The Morgan fingerprint density at radius 1 is 1.18 bits per heavy atom. The van der Waals surface area contributed by atoms with Crippen LogP contribution in [-0.4, -0.2) is 31.4 Å². The van der Waals surface area contributed by atoms with Crippen LogP contribution in [0.3, 0.4) is 0 Å². The van der Waals surface area contributed by atoms with Crippen molar-refractivity contribution in [1.29, 1.82) is 0 Å². The molecule has 1 amide bonds. The van der Waals surface area contributed by atoms with Crippen molar-refractivity contribution in [2.45, 2.75) is 58.4 Å². The monoisotopic (exact) mass is 384 g/mol. The summed E-state index contributed by atoms with van der Waals surface area (Å²) in [6.07, 6.45) is 9.74. The molecule has 4 fully saturated rings. The molecular weight excluding hydrogens is 352 g/mol. The van der Waals surface area contributed by atoms with Gasteiger partial charge in [-0.2, -0.15) is 0 Å². The van der Waals surface area contributed by atoms with E-state index < -0.39 is 0 Å². The smallest absolute Gasteiger partial charge is 0.261 e. The molecule has 152 valence electrons. The van der Waals surface area contributed by atoms with Crippen LogP contribution in [0.2, 0.25) is 0 Å². The zero-order valence-corrected chi connectivity index (χ0v) is 17.0. The highest BCUT2D eigenvalue weighted by Gasteiger charge is 2.53. The fraction of sp³-hybridized carbons (Fsp3) is 0.652. The maximum absolute atomic E-state index is 12.3. The minimum atomic E-state index is -0.0768. The second-order valence-electron chi connectivity index (χ2n) is 9.08. The third-order valence-electron chi connectivity index (χ3n) is 7.04. The molecule has 1 atom stereocenters. The van der Waals surface area contributed by atoms with Crippen molar-refractivity contribution >= 4 is 12.1 Å². The summed E-state index contributed by atoms with van der Waals surface area (Å²) in [6, 6.07) is 7.82. The van der Waals surface area contributed by atoms with Crippen LogP contribution >= 0.6 is 0 Å². The predicted octanol–water partition coefficient (Wildman–Crippen LogP) is 4.16. The second-order valence-corrected chi connectivity index (χ2v) is 9.08. The zero-order chi connectivity index (χ0) is 19.6. The summed E-state index contributed by atoms with van der Waals surface area (Å²) in [4.78, 5) is 17.6. The van der Waals surface area contributed by atoms with Crippen LogP contribution in [-0.2, 0) is 9.63 Å². The van der Waals surface area contributed by atoms with Gasteiger partial charge in [-0.25, -0.2) is 0 Å². The van der Waals surface area contributed by atoms with Gasteiger partial charge in [-0.3, -0.25) is 4.79 Å². The summed E-state index contributed by atoms with van der Waals surface area (Å²) in [5.74, 6) is 3.42. The maximum atomic E-state index is 12.3. The van der Waals surface area contributed by atoms with E-state index in [9.17, 15) is 4.79 Å². The van der Waals surface area contributed by atoms with Gasteiger partial charge in [-0.1, -0.05) is 5.16 Å². The molecule has 0 unspecified atom stereocenters. The van der Waals surface area contributed by atoms with E-state index in [1.54, 1.807) is 6.21 Å². The molecule has 4 aliphatic carbocycles. The van der Waals surface area contributed by atoms with Gasteiger partial charge in [0.15, 0.2) is 6.61 Å². The van der Waals surface area contributed by atoms with Gasteiger partial charge < -0.3 is 14.9 Å². The number of rotatable bonds is 8. The number of carbonyl (C=O) groups excluding carboxylic acids is 1. The average Bonchev–Trinajstić information content (AvgIpc) is 2.66. The molecule has 0 aromatic heterocycles. The van der Waals surface area contributed by atoms with Gasteiger partial charge >= 0.3 is 0 Å². The van der Waals surface area contributed by atoms with Gasteiger partial charge in [0.1, 0.15) is 5.75 Å². The van der Waals surface area contributed by atoms with Crippen LogP contribution in [0, 0.1) is 23.2 Å². The van der Waals surface area contributed by atoms with Crippen molar-refractivity contribution in [2.75, 3.05) is 13.2 Å². The number of amides is 1. The Balaban J connectivity index is 1.23. The Labute approximate surface area is 167 Å². The lowest BCUT2D eigenvalue weighted by Crippen LogP contribution is -2.56. The van der Waals surface area contributed by atoms with Gasteiger partial charge in [-0.15, -0.1) is 0 Å². The van der Waals surface area contributed by atoms with E-state index in [1.165, 1.54) is 38.5 Å². The summed E-state index contributed by atoms with van der Waals surface area (Å²) in [6.45, 7) is 4.75. The number of nitrogens with zero attached hydrogens (tertiary/aromatic N) is 1. The Kier molecular flexibility index (Phi) is 5.61. The molecule has 0 spiro atoms. The first-order chi connectivity index (χ1) is 13.6. The molecule has 5 rings (SSSR count). The van der Waals surface area contributed by atoms with Crippen molar-refractivity contribution in [2.24, 2.45) is 28.3 Å². The van der Waals surface area contributed by atoms with Gasteiger partial charge in [0.25, 0.3) is 5.91 Å². The quantitative estimate of drug-likeness (QED) is 0.541. The number of ether oxygens (including phenoxy) is 1. The van der Waals surface area contributed by atoms with Crippen molar-refractivity contribution in [1.82, 2.24) is 5.32 Å². The largest absolute Gasteiger partial charge is 0.494 e. The van der Waals surface area contributed by atoms with Gasteiger partial charge in [0.05, 0.1) is 12.8 Å². The summed E-state index contributed by atoms with van der Waals surface area (Å²) in [5.41, 5.74) is 1.22. The molecular formula is C23H32N2O3. The van der Waals surface area contributed by atoms with Crippen LogP contribution in [0.4, 0.5) is 0 Å². The number of oxime groups is 1. The van der Waals surface area contributed by atoms with Gasteiger partial charge in [0, 0.05) is 6.04 Å². The first-order valence-corrected chi connectivity index (χ1v) is 10.7. The fourth-order valence-corrected chi connectivity index (χ4v) is 6.16. The van der Waals surface area contributed by atoms with Crippen LogP contribution in [0.15, 0.2) is 29.4 Å². The molecule has 4 saturated carbocycles. The molecule has 5 nitrogen and oxygen atoms in total. The lowest BCUT2D eigenvalue weighted by molar-refractivity contribution is -0.130. The summed E-state index contributed by atoms with van der Waals surface area (Å²) in [7, 11) is 0. The van der Waals surface area contributed by atoms with Crippen molar-refractivity contribution in [3.63, 3.8) is 0 Å². The number of nitrogens with one attached hydrogen (secondary N) is 1. The SMILES string of the molecule is CCOc1ccc(/C=N\OCC(=O)N[C@H](C)C23CC4CC(CC(C4)C2)C3)cc1. The van der Waals surface area contributed by atoms with E-state index in [0.717, 1.165) is 29.1 Å². The van der Waals surface area contributed by atoms with Crippen molar-refractivity contribution in [3.05, 3.63) is 29.8 Å². The molecule has 4 bridgehead atoms. The Morgan fingerprint density at radius 3 is 2.36 bits per heavy atom. The molecule has 1 aromatic rings. The number of hydrogen-bond acceptors (Lipinski definition) is 4. The molecule has 0 heterocycles. The second kappa shape index (κ2) is 8.14. The van der Waals surface area contributed by atoms with Gasteiger partial charge in [-0.05, 0) is 105 Å². The molecule has 28 heavy (non-hydrogen) atoms. The van der Waals surface area contributed by atoms with E-state index in [0.29, 0.717) is 12.0 Å². The van der Waals surface area contributed by atoms with Crippen LogP contribution in [0.5, 0.6) is 5.75 Å². The minimum Gasteiger partial charge on any atom is -0.494 e. The number of benzene rings is 1. The zero-order valence-electron chi connectivity index (χ0n) is 17.0. The van der Waals surface area contributed by atoms with Crippen molar-refractivity contribution in [3.8, 4) is 5.75 Å². The highest BCUT2D eigenvalue weighted by Crippen LogP contribution is 2.61. The average molecular weight is 385 g/mol. The van der Waals surface area contributed by atoms with E-state index in [1.807, 2.05) is 31.2 Å². The molecule has 1 N–H and O–H groups in total. The molecule has 0 aliphatic heterocycles. The third-order valence-corrected chi connectivity index (χ3v) is 7.04.